The van der Waals surface area contributed by atoms with Crippen molar-refractivity contribution in [2.24, 2.45) is 10.9 Å². The first kappa shape index (κ1) is 19.8. The number of allylic oxidation sites excluding steroid dienone is 3. The Morgan fingerprint density at radius 3 is 2.87 bits per heavy atom. The summed E-state index contributed by atoms with van der Waals surface area (Å²) < 4.78 is 3.84. The first-order valence-corrected chi connectivity index (χ1v) is 9.93. The van der Waals surface area contributed by atoms with Crippen molar-refractivity contribution in [3.05, 3.63) is 60.5 Å². The van der Waals surface area contributed by atoms with Crippen LogP contribution in [0.25, 0.3) is 5.69 Å². The van der Waals surface area contributed by atoms with Gasteiger partial charge in [0, 0.05) is 31.4 Å². The van der Waals surface area contributed by atoms with Crippen molar-refractivity contribution in [1.29, 1.82) is 0 Å². The van der Waals surface area contributed by atoms with E-state index in [1.54, 1.807) is 10.9 Å². The van der Waals surface area contributed by atoms with Crippen molar-refractivity contribution in [1.82, 2.24) is 15.1 Å². The Bertz CT molecular complexity index is 1080. The minimum absolute atomic E-state index is 0.175. The van der Waals surface area contributed by atoms with Gasteiger partial charge < -0.3 is 16.2 Å². The molecule has 2 aliphatic rings. The summed E-state index contributed by atoms with van der Waals surface area (Å²) in [7, 11) is 0. The number of para-hydroxylation sites is 1. The first-order chi connectivity index (χ1) is 14.5. The third kappa shape index (κ3) is 4.08. The number of hydrogen-bond donors (Lipinski definition) is 3. The lowest BCUT2D eigenvalue weighted by Gasteiger charge is -2.12. The highest BCUT2D eigenvalue weighted by Gasteiger charge is 2.28. The van der Waals surface area contributed by atoms with E-state index in [4.69, 9.17) is 5.73 Å². The maximum Gasteiger partial charge on any atom is 0.221 e. The summed E-state index contributed by atoms with van der Waals surface area (Å²) >= 11 is 0. The number of nitrogens with two attached hydrogens (primary N) is 1. The molecule has 1 aromatic carbocycles. The third-order valence-corrected chi connectivity index (χ3v) is 5.23. The minimum atomic E-state index is -0.175. The molecule has 8 nitrogen and oxygen atoms in total. The molecule has 154 valence electrons. The smallest absolute Gasteiger partial charge is 0.221 e. The minimum Gasteiger partial charge on any atom is -0.396 e. The zero-order valence-electron chi connectivity index (χ0n) is 16.8. The molecule has 1 aliphatic carbocycles. The van der Waals surface area contributed by atoms with E-state index in [-0.39, 0.29) is 18.4 Å². The molecular weight excluding hydrogens is 380 g/mol. The standard InChI is InChI=1S/C22H24N6O2/c1-15(30)25-20-11-18(27-10-9-16(13-27)14-29)7-8-19(20)26-21-12-24-28(22(21)23)17-5-3-2-4-6-17/h2-8,11-12,16,29H,9-10,13-14H2,1H3,(H2,23,24,25,30)/p+1. The fraction of sp³-hybridized carbons (Fsp3) is 0.273. The van der Waals surface area contributed by atoms with Crippen molar-refractivity contribution in [2.45, 2.75) is 13.3 Å². The molecular formula is C22H25N6O2+. The van der Waals surface area contributed by atoms with Crippen LogP contribution in [0.2, 0.25) is 0 Å². The zero-order chi connectivity index (χ0) is 21.1. The van der Waals surface area contributed by atoms with Crippen molar-refractivity contribution in [2.75, 3.05) is 25.4 Å². The summed E-state index contributed by atoms with van der Waals surface area (Å²) in [6, 6.07) is 9.60. The van der Waals surface area contributed by atoms with Gasteiger partial charge >= 0.3 is 0 Å². The molecule has 0 radical (unpaired) electrons. The van der Waals surface area contributed by atoms with Gasteiger partial charge in [0.25, 0.3) is 0 Å². The zero-order valence-corrected chi connectivity index (χ0v) is 16.8. The fourth-order valence-corrected chi connectivity index (χ4v) is 3.66. The van der Waals surface area contributed by atoms with E-state index < -0.39 is 0 Å². The van der Waals surface area contributed by atoms with Crippen LogP contribution < -0.4 is 11.1 Å². The van der Waals surface area contributed by atoms with E-state index in [1.165, 1.54) is 6.92 Å². The average Bonchev–Trinajstić information content (AvgIpc) is 3.37. The van der Waals surface area contributed by atoms with Crippen LogP contribution in [-0.4, -0.2) is 56.5 Å². The van der Waals surface area contributed by atoms with Gasteiger partial charge in [-0.3, -0.25) is 4.79 Å². The van der Waals surface area contributed by atoms with Crippen molar-refractivity contribution < 1.29 is 14.5 Å². The Labute approximate surface area is 174 Å². The molecule has 0 bridgehead atoms. The second kappa shape index (κ2) is 8.46. The predicted octanol–water partition coefficient (Wildman–Crippen LogP) is 1.58. The lowest BCUT2D eigenvalue weighted by molar-refractivity contribution is -0.507. The van der Waals surface area contributed by atoms with Crippen LogP contribution in [0.4, 0.5) is 11.5 Å². The Morgan fingerprint density at radius 1 is 1.37 bits per heavy atom. The molecule has 1 saturated heterocycles. The van der Waals surface area contributed by atoms with E-state index in [1.807, 2.05) is 48.6 Å². The number of nitrogen functional groups attached to an aromatic ring is 1. The Kier molecular flexibility index (Phi) is 5.58. The second-order valence-electron chi connectivity index (χ2n) is 7.44. The molecule has 8 heteroatoms. The number of amides is 1. The second-order valence-corrected chi connectivity index (χ2v) is 7.44. The van der Waals surface area contributed by atoms with E-state index in [2.05, 4.69) is 20.0 Å². The topological polar surface area (TPSA) is 109 Å². The number of aliphatic imine (C=N–C) groups is 1. The number of benzene rings is 1. The molecule has 1 amide bonds. The molecule has 2 aromatic rings. The molecule has 0 spiro atoms. The van der Waals surface area contributed by atoms with E-state index >= 15 is 0 Å². The summed E-state index contributed by atoms with van der Waals surface area (Å²) in [6.45, 7) is 3.32. The summed E-state index contributed by atoms with van der Waals surface area (Å²) in [5, 5.41) is 16.6. The van der Waals surface area contributed by atoms with Gasteiger partial charge in [0.05, 0.1) is 29.9 Å². The summed E-state index contributed by atoms with van der Waals surface area (Å²) in [6.07, 6.45) is 8.32. The normalized spacial score (nSPS) is 22.4. The summed E-state index contributed by atoms with van der Waals surface area (Å²) in [5.74, 6) is 0.526. The van der Waals surface area contributed by atoms with Gasteiger partial charge in [-0.15, -0.1) is 0 Å². The highest BCUT2D eigenvalue weighted by Crippen LogP contribution is 2.26. The number of aromatic nitrogens is 2. The SMILES string of the molecule is CC(=O)NC1=CC(=[N+]2\CCC(CO)C2)/C=CC/1=N/c1cnn(-c2ccccc2)c1N. The highest BCUT2D eigenvalue weighted by molar-refractivity contribution is 6.21. The van der Waals surface area contributed by atoms with Gasteiger partial charge in [-0.1, -0.05) is 18.2 Å². The van der Waals surface area contributed by atoms with Crippen LogP contribution in [0.3, 0.4) is 0 Å². The van der Waals surface area contributed by atoms with Crippen molar-refractivity contribution >= 4 is 28.8 Å². The van der Waals surface area contributed by atoms with Crippen LogP contribution >= 0.6 is 0 Å². The molecule has 1 atom stereocenters. The van der Waals surface area contributed by atoms with Gasteiger partial charge in [-0.25, -0.2) is 14.2 Å². The average molecular weight is 405 g/mol. The molecule has 4 rings (SSSR count). The molecule has 30 heavy (non-hydrogen) atoms. The number of nitrogens with zero attached hydrogens (tertiary/aromatic N) is 4. The fourth-order valence-electron chi connectivity index (χ4n) is 3.66. The van der Waals surface area contributed by atoms with Gasteiger partial charge in [0.1, 0.15) is 18.8 Å². The van der Waals surface area contributed by atoms with Gasteiger partial charge in [0.15, 0.2) is 5.82 Å². The van der Waals surface area contributed by atoms with Crippen LogP contribution in [0.5, 0.6) is 0 Å². The monoisotopic (exact) mass is 405 g/mol. The van der Waals surface area contributed by atoms with Crippen LogP contribution in [-0.2, 0) is 4.79 Å². The number of rotatable bonds is 4. The van der Waals surface area contributed by atoms with E-state index in [9.17, 15) is 9.90 Å². The Hall–Kier alpha value is -3.52. The first-order valence-electron chi connectivity index (χ1n) is 9.93. The molecule has 1 unspecified atom stereocenters. The molecule has 4 N–H and O–H groups in total. The highest BCUT2D eigenvalue weighted by atomic mass is 16.3. The molecule has 1 aliphatic heterocycles. The van der Waals surface area contributed by atoms with Gasteiger partial charge in [0.2, 0.25) is 11.6 Å². The Balaban J connectivity index is 1.67. The molecule has 1 fully saturated rings. The lowest BCUT2D eigenvalue weighted by atomic mass is 10.1. The molecule has 0 saturated carbocycles. The number of aliphatic hydroxyl groups is 1. The largest absolute Gasteiger partial charge is 0.396 e. The van der Waals surface area contributed by atoms with Crippen LogP contribution in [0, 0.1) is 5.92 Å². The molecule has 2 heterocycles. The van der Waals surface area contributed by atoms with Crippen LogP contribution in [0.15, 0.2) is 65.4 Å². The summed E-state index contributed by atoms with van der Waals surface area (Å²) in [5.41, 5.74) is 9.86. The number of aliphatic hydroxyl groups excluding tert-OH is 1. The Morgan fingerprint density at radius 2 is 2.17 bits per heavy atom. The summed E-state index contributed by atoms with van der Waals surface area (Å²) in [4.78, 5) is 16.4. The maximum absolute atomic E-state index is 11.8. The quantitative estimate of drug-likeness (QED) is 0.530. The predicted molar refractivity (Wildman–Crippen MR) is 116 cm³/mol. The lowest BCUT2D eigenvalue weighted by Crippen LogP contribution is -2.29. The van der Waals surface area contributed by atoms with Crippen molar-refractivity contribution in [3.63, 3.8) is 0 Å². The van der Waals surface area contributed by atoms with Gasteiger partial charge in [-0.2, -0.15) is 5.10 Å². The number of nitrogens with one attached hydrogen (secondary N) is 1. The molecule has 1 aromatic heterocycles. The van der Waals surface area contributed by atoms with Crippen molar-refractivity contribution in [3.8, 4) is 5.69 Å². The van der Waals surface area contributed by atoms with Crippen LogP contribution in [0.1, 0.15) is 13.3 Å². The number of anilines is 1. The number of carbonyl (C=O) groups is 1. The van der Waals surface area contributed by atoms with E-state index in [0.29, 0.717) is 22.9 Å². The maximum atomic E-state index is 11.8. The van der Waals surface area contributed by atoms with E-state index in [0.717, 1.165) is 30.9 Å². The number of hydrogen-bond acceptors (Lipinski definition) is 5. The third-order valence-electron chi connectivity index (χ3n) is 5.23. The van der Waals surface area contributed by atoms with Gasteiger partial charge in [-0.05, 0) is 18.2 Å². The number of carbonyl (C=O) groups excluding carboxylic acids is 1.